The third-order valence-electron chi connectivity index (χ3n) is 2.61. The Hall–Kier alpha value is -0.590. The molecule has 16 heavy (non-hydrogen) atoms. The van der Waals surface area contributed by atoms with E-state index >= 15 is 0 Å². The highest BCUT2D eigenvalue weighted by atomic mass is 35.5. The number of halogens is 1. The van der Waals surface area contributed by atoms with Gasteiger partial charge in [0.15, 0.2) is 5.03 Å². The van der Waals surface area contributed by atoms with Crippen LogP contribution < -0.4 is 0 Å². The minimum Gasteiger partial charge on any atom is -0.256 e. The van der Waals surface area contributed by atoms with Crippen molar-refractivity contribution in [2.24, 2.45) is 7.05 Å². The smallest absolute Gasteiger partial charge is 0.256 e. The van der Waals surface area contributed by atoms with Crippen molar-refractivity contribution in [3.63, 3.8) is 0 Å². The molecule has 2 rings (SSSR count). The van der Waals surface area contributed by atoms with Gasteiger partial charge in [0.05, 0.1) is 6.20 Å². The Morgan fingerprint density at radius 3 is 2.75 bits per heavy atom. The van der Waals surface area contributed by atoms with Crippen LogP contribution in [0.5, 0.6) is 0 Å². The van der Waals surface area contributed by atoms with Gasteiger partial charge >= 0.3 is 0 Å². The zero-order valence-corrected chi connectivity index (χ0v) is 10.6. The molecule has 0 radical (unpaired) electrons. The van der Waals surface area contributed by atoms with Gasteiger partial charge in [-0.05, 0) is 18.9 Å². The zero-order chi connectivity index (χ0) is 11.8. The molecule has 1 heterocycles. The van der Waals surface area contributed by atoms with Crippen molar-refractivity contribution < 1.29 is 8.42 Å². The second kappa shape index (κ2) is 4.35. The molecular weight excluding hydrogens is 250 g/mol. The van der Waals surface area contributed by atoms with Crippen LogP contribution in [0, 0.1) is 0 Å². The Balaban J connectivity index is 2.32. The van der Waals surface area contributed by atoms with Crippen molar-refractivity contribution in [2.75, 3.05) is 12.4 Å². The Bertz CT molecular complexity index is 467. The van der Waals surface area contributed by atoms with Crippen LogP contribution in [0.15, 0.2) is 17.3 Å². The summed E-state index contributed by atoms with van der Waals surface area (Å²) in [6.07, 6.45) is 3.33. The van der Waals surface area contributed by atoms with Gasteiger partial charge in [0.25, 0.3) is 10.0 Å². The summed E-state index contributed by atoms with van der Waals surface area (Å²) < 4.78 is 27.4. The van der Waals surface area contributed by atoms with Crippen molar-refractivity contribution in [2.45, 2.75) is 23.9 Å². The number of nitrogens with zero attached hydrogens (tertiary/aromatic N) is 3. The summed E-state index contributed by atoms with van der Waals surface area (Å²) in [4.78, 5) is 0. The summed E-state index contributed by atoms with van der Waals surface area (Å²) in [7, 11) is -1.81. The van der Waals surface area contributed by atoms with Crippen LogP contribution in [-0.4, -0.2) is 41.0 Å². The van der Waals surface area contributed by atoms with Gasteiger partial charge in [-0.25, -0.2) is 8.42 Å². The summed E-state index contributed by atoms with van der Waals surface area (Å²) in [5.74, 6) is 0.313. The normalized spacial score (nSPS) is 16.9. The molecule has 0 aliphatic heterocycles. The van der Waals surface area contributed by atoms with Gasteiger partial charge in [0.1, 0.15) is 0 Å². The van der Waals surface area contributed by atoms with Crippen LogP contribution in [0.1, 0.15) is 12.8 Å². The predicted molar refractivity (Wildman–Crippen MR) is 60.8 cm³/mol. The molecular formula is C9H14ClN3O2S. The van der Waals surface area contributed by atoms with E-state index in [1.54, 1.807) is 7.05 Å². The molecule has 0 spiro atoms. The van der Waals surface area contributed by atoms with Crippen LogP contribution in [0.4, 0.5) is 0 Å². The third kappa shape index (κ3) is 2.09. The van der Waals surface area contributed by atoms with E-state index in [9.17, 15) is 8.42 Å². The number of hydrogen-bond donors (Lipinski definition) is 0. The fraction of sp³-hybridized carbons (Fsp3) is 0.667. The molecule has 0 amide bonds. The molecule has 0 bridgehead atoms. The molecule has 1 fully saturated rings. The van der Waals surface area contributed by atoms with E-state index in [2.05, 4.69) is 5.10 Å². The summed E-state index contributed by atoms with van der Waals surface area (Å²) in [6.45, 7) is 0.361. The van der Waals surface area contributed by atoms with Crippen LogP contribution in [0.2, 0.25) is 0 Å². The lowest BCUT2D eigenvalue weighted by atomic mass is 10.6. The lowest BCUT2D eigenvalue weighted by Gasteiger charge is -2.20. The molecule has 1 aliphatic rings. The molecule has 1 aliphatic carbocycles. The number of rotatable bonds is 5. The monoisotopic (exact) mass is 263 g/mol. The standard InChI is InChI=1S/C9H14ClN3O2S/c1-12-9(4-6-11-12)16(14,15)13(7-5-10)8-2-3-8/h4,6,8H,2-3,5,7H2,1H3. The lowest BCUT2D eigenvalue weighted by molar-refractivity contribution is 0.416. The molecule has 90 valence electrons. The van der Waals surface area contributed by atoms with Gasteiger partial charge in [0.2, 0.25) is 0 Å². The molecule has 1 aromatic rings. The maximum Gasteiger partial charge on any atom is 0.260 e. The molecule has 0 N–H and O–H groups in total. The lowest BCUT2D eigenvalue weighted by Crippen LogP contribution is -2.35. The molecule has 1 aromatic heterocycles. The minimum atomic E-state index is -3.44. The third-order valence-corrected chi connectivity index (χ3v) is 4.80. The number of hydrogen-bond acceptors (Lipinski definition) is 3. The molecule has 0 atom stereocenters. The van der Waals surface area contributed by atoms with Gasteiger partial charge in [-0.15, -0.1) is 11.6 Å². The topological polar surface area (TPSA) is 55.2 Å². The average molecular weight is 264 g/mol. The van der Waals surface area contributed by atoms with E-state index in [1.165, 1.54) is 21.3 Å². The first-order chi connectivity index (χ1) is 7.57. The van der Waals surface area contributed by atoms with E-state index in [1.807, 2.05) is 0 Å². The number of alkyl halides is 1. The Morgan fingerprint density at radius 1 is 1.62 bits per heavy atom. The minimum absolute atomic E-state index is 0.124. The van der Waals surface area contributed by atoms with Gasteiger partial charge in [-0.1, -0.05) is 0 Å². The summed E-state index contributed by atoms with van der Waals surface area (Å²) in [6, 6.07) is 1.64. The second-order valence-corrected chi connectivity index (χ2v) is 6.04. The van der Waals surface area contributed by atoms with Crippen molar-refractivity contribution in [3.8, 4) is 0 Å². The van der Waals surface area contributed by atoms with E-state index < -0.39 is 10.0 Å². The molecule has 5 nitrogen and oxygen atoms in total. The molecule has 0 aromatic carbocycles. The zero-order valence-electron chi connectivity index (χ0n) is 9.00. The summed E-state index contributed by atoms with van der Waals surface area (Å²) in [5, 5.41) is 4.11. The highest BCUT2D eigenvalue weighted by molar-refractivity contribution is 7.89. The van der Waals surface area contributed by atoms with Gasteiger partial charge in [0, 0.05) is 25.5 Å². The first kappa shape index (κ1) is 11.9. The van der Waals surface area contributed by atoms with Crippen molar-refractivity contribution in [3.05, 3.63) is 12.3 Å². The first-order valence-electron chi connectivity index (χ1n) is 5.13. The summed E-state index contributed by atoms with van der Waals surface area (Å²) in [5.41, 5.74) is 0. The van der Waals surface area contributed by atoms with Crippen LogP contribution in [0.3, 0.4) is 0 Å². The first-order valence-corrected chi connectivity index (χ1v) is 7.10. The van der Waals surface area contributed by atoms with E-state index in [0.717, 1.165) is 12.8 Å². The Morgan fingerprint density at radius 2 is 2.31 bits per heavy atom. The highest BCUT2D eigenvalue weighted by Gasteiger charge is 2.38. The fourth-order valence-electron chi connectivity index (χ4n) is 1.68. The molecule has 7 heteroatoms. The molecule has 0 saturated heterocycles. The van der Waals surface area contributed by atoms with E-state index in [4.69, 9.17) is 11.6 Å². The van der Waals surface area contributed by atoms with Gasteiger partial charge < -0.3 is 0 Å². The van der Waals surface area contributed by atoms with Gasteiger partial charge in [-0.3, -0.25) is 4.68 Å². The number of sulfonamides is 1. The average Bonchev–Trinajstić information content (AvgIpc) is 2.96. The quantitative estimate of drug-likeness (QED) is 0.739. The van der Waals surface area contributed by atoms with Crippen LogP contribution in [0.25, 0.3) is 0 Å². The predicted octanol–water partition coefficient (Wildman–Crippen LogP) is 0.812. The van der Waals surface area contributed by atoms with Crippen molar-refractivity contribution in [1.29, 1.82) is 0 Å². The SMILES string of the molecule is Cn1nccc1S(=O)(=O)N(CCCl)C1CC1. The maximum atomic E-state index is 12.3. The fourth-order valence-corrected chi connectivity index (χ4v) is 3.75. The van der Waals surface area contributed by atoms with Crippen LogP contribution >= 0.6 is 11.6 Å². The Kier molecular flexibility index (Phi) is 3.23. The van der Waals surface area contributed by atoms with Crippen molar-refractivity contribution >= 4 is 21.6 Å². The molecule has 0 unspecified atom stereocenters. The highest BCUT2D eigenvalue weighted by Crippen LogP contribution is 2.31. The summed E-state index contributed by atoms with van der Waals surface area (Å²) >= 11 is 5.65. The molecule has 1 saturated carbocycles. The van der Waals surface area contributed by atoms with E-state index in [0.29, 0.717) is 12.4 Å². The number of aryl methyl sites for hydroxylation is 1. The van der Waals surface area contributed by atoms with Crippen LogP contribution in [-0.2, 0) is 17.1 Å². The maximum absolute atomic E-state index is 12.3. The van der Waals surface area contributed by atoms with Gasteiger partial charge in [-0.2, -0.15) is 9.40 Å². The Labute approximate surface area is 100 Å². The largest absolute Gasteiger partial charge is 0.260 e. The van der Waals surface area contributed by atoms with Crippen molar-refractivity contribution in [1.82, 2.24) is 14.1 Å². The number of aromatic nitrogens is 2. The van der Waals surface area contributed by atoms with E-state index in [-0.39, 0.29) is 11.1 Å². The second-order valence-electron chi connectivity index (χ2n) is 3.83.